The molecule has 8 heteroatoms. The van der Waals surface area contributed by atoms with Crippen LogP contribution in [-0.2, 0) is 6.54 Å². The minimum atomic E-state index is -0.581. The predicted octanol–water partition coefficient (Wildman–Crippen LogP) is 1.88. The summed E-state index contributed by atoms with van der Waals surface area (Å²) in [5, 5.41) is 22.6. The second-order valence-electron chi connectivity index (χ2n) is 4.02. The highest BCUT2D eigenvalue weighted by atomic mass is 16.6. The van der Waals surface area contributed by atoms with E-state index in [1.807, 2.05) is 6.07 Å². The van der Waals surface area contributed by atoms with Crippen molar-refractivity contribution in [1.82, 2.24) is 9.97 Å². The fraction of sp³-hybridized carbons (Fsp3) is 0.154. The average molecular weight is 285 g/mol. The van der Waals surface area contributed by atoms with Gasteiger partial charge in [0.2, 0.25) is 11.7 Å². The zero-order chi connectivity index (χ0) is 15.2. The minimum absolute atomic E-state index is 0.106. The Balaban J connectivity index is 2.15. The molecule has 0 saturated heterocycles. The highest BCUT2D eigenvalue weighted by Gasteiger charge is 2.16. The van der Waals surface area contributed by atoms with Crippen LogP contribution >= 0.6 is 0 Å². The first-order valence-electron chi connectivity index (χ1n) is 5.91. The Hall–Kier alpha value is -3.21. The molecule has 21 heavy (non-hydrogen) atoms. The molecule has 0 bridgehead atoms. The van der Waals surface area contributed by atoms with Gasteiger partial charge in [0.1, 0.15) is 6.07 Å². The first-order valence-corrected chi connectivity index (χ1v) is 5.91. The van der Waals surface area contributed by atoms with Crippen molar-refractivity contribution in [2.45, 2.75) is 6.54 Å². The fourth-order valence-electron chi connectivity index (χ4n) is 1.61. The monoisotopic (exact) mass is 285 g/mol. The van der Waals surface area contributed by atoms with Gasteiger partial charge in [-0.25, -0.2) is 9.97 Å². The molecule has 0 radical (unpaired) electrons. The summed E-state index contributed by atoms with van der Waals surface area (Å²) in [7, 11) is 1.52. The van der Waals surface area contributed by atoms with Crippen LogP contribution < -0.4 is 10.1 Å². The van der Waals surface area contributed by atoms with Crippen molar-refractivity contribution in [3.63, 3.8) is 0 Å². The normalized spacial score (nSPS) is 9.71. The van der Waals surface area contributed by atoms with Gasteiger partial charge >= 0.3 is 5.69 Å². The summed E-state index contributed by atoms with van der Waals surface area (Å²) < 4.78 is 4.94. The van der Waals surface area contributed by atoms with Crippen molar-refractivity contribution in [2.24, 2.45) is 0 Å². The van der Waals surface area contributed by atoms with Crippen LogP contribution in [0.2, 0.25) is 0 Å². The minimum Gasteiger partial charge on any atom is -0.481 e. The van der Waals surface area contributed by atoms with E-state index in [-0.39, 0.29) is 17.1 Å². The second kappa shape index (κ2) is 6.29. The lowest BCUT2D eigenvalue weighted by Gasteiger charge is -2.06. The number of nitrogens with one attached hydrogen (secondary N) is 1. The largest absolute Gasteiger partial charge is 0.481 e. The van der Waals surface area contributed by atoms with Gasteiger partial charge in [-0.1, -0.05) is 6.07 Å². The molecule has 0 atom stereocenters. The summed E-state index contributed by atoms with van der Waals surface area (Å²) in [6, 6.07) is 6.48. The molecule has 0 amide bonds. The lowest BCUT2D eigenvalue weighted by Crippen LogP contribution is -2.05. The van der Waals surface area contributed by atoms with E-state index in [9.17, 15) is 10.1 Å². The van der Waals surface area contributed by atoms with Crippen LogP contribution in [0.4, 0.5) is 11.5 Å². The maximum Gasteiger partial charge on any atom is 0.312 e. The maximum atomic E-state index is 11.0. The van der Waals surface area contributed by atoms with Gasteiger partial charge < -0.3 is 10.1 Å². The van der Waals surface area contributed by atoms with E-state index < -0.39 is 4.92 Å². The Morgan fingerprint density at radius 1 is 1.43 bits per heavy atom. The smallest absolute Gasteiger partial charge is 0.312 e. The van der Waals surface area contributed by atoms with Crippen LogP contribution in [0.25, 0.3) is 0 Å². The van der Waals surface area contributed by atoms with Gasteiger partial charge in [0.15, 0.2) is 0 Å². The summed E-state index contributed by atoms with van der Waals surface area (Å²) in [4.78, 5) is 18.3. The third-order valence-corrected chi connectivity index (χ3v) is 2.66. The van der Waals surface area contributed by atoms with Crippen LogP contribution in [0.3, 0.4) is 0 Å². The van der Waals surface area contributed by atoms with Crippen LogP contribution in [-0.4, -0.2) is 22.0 Å². The van der Waals surface area contributed by atoms with E-state index in [4.69, 9.17) is 10.00 Å². The van der Waals surface area contributed by atoms with Gasteiger partial charge in [0, 0.05) is 31.1 Å². The molecule has 2 aromatic heterocycles. The molecule has 0 aliphatic carbocycles. The fourth-order valence-corrected chi connectivity index (χ4v) is 1.61. The van der Waals surface area contributed by atoms with Crippen LogP contribution in [0.5, 0.6) is 5.88 Å². The molecule has 8 nitrogen and oxygen atoms in total. The molecule has 0 unspecified atom stereocenters. The first-order chi connectivity index (χ1) is 10.1. The molecule has 0 aromatic carbocycles. The third kappa shape index (κ3) is 3.42. The van der Waals surface area contributed by atoms with Crippen molar-refractivity contribution < 1.29 is 9.66 Å². The quantitative estimate of drug-likeness (QED) is 0.658. The first kappa shape index (κ1) is 14.2. The number of nitro groups is 1. The maximum absolute atomic E-state index is 11.0. The van der Waals surface area contributed by atoms with Gasteiger partial charge in [-0.2, -0.15) is 5.26 Å². The lowest BCUT2D eigenvalue weighted by atomic mass is 10.2. The number of hydrogen-bond acceptors (Lipinski definition) is 7. The Kier molecular flexibility index (Phi) is 4.26. The number of anilines is 1. The van der Waals surface area contributed by atoms with Gasteiger partial charge in [-0.15, -0.1) is 0 Å². The molecule has 2 rings (SSSR count). The van der Waals surface area contributed by atoms with E-state index >= 15 is 0 Å². The van der Waals surface area contributed by atoms with Crippen molar-refractivity contribution in [1.29, 1.82) is 5.26 Å². The molecular weight excluding hydrogens is 274 g/mol. The van der Waals surface area contributed by atoms with E-state index in [2.05, 4.69) is 15.3 Å². The van der Waals surface area contributed by atoms with E-state index in [0.29, 0.717) is 12.4 Å². The highest BCUT2D eigenvalue weighted by Crippen LogP contribution is 2.23. The molecule has 2 heterocycles. The molecule has 2 aromatic rings. The van der Waals surface area contributed by atoms with Crippen molar-refractivity contribution in [2.75, 3.05) is 12.4 Å². The van der Waals surface area contributed by atoms with Crippen LogP contribution in [0.1, 0.15) is 11.1 Å². The molecule has 0 saturated carbocycles. The van der Waals surface area contributed by atoms with Gasteiger partial charge in [-0.05, 0) is 5.56 Å². The highest BCUT2D eigenvalue weighted by molar-refractivity contribution is 5.58. The van der Waals surface area contributed by atoms with Crippen molar-refractivity contribution in [3.8, 4) is 11.9 Å². The Morgan fingerprint density at radius 2 is 2.24 bits per heavy atom. The molecule has 106 valence electrons. The topological polar surface area (TPSA) is 114 Å². The molecule has 0 fully saturated rings. The summed E-state index contributed by atoms with van der Waals surface area (Å²) in [6.45, 7) is 0.316. The summed E-state index contributed by atoms with van der Waals surface area (Å²) >= 11 is 0. The molecular formula is C13H11N5O3. The number of nitriles is 1. The van der Waals surface area contributed by atoms with Gasteiger partial charge in [0.05, 0.1) is 17.6 Å². The summed E-state index contributed by atoms with van der Waals surface area (Å²) in [5.41, 5.74) is 0.713. The number of methoxy groups -OCH3 is 1. The van der Waals surface area contributed by atoms with Gasteiger partial charge in [-0.3, -0.25) is 10.1 Å². The Morgan fingerprint density at radius 3 is 2.81 bits per heavy atom. The second-order valence-corrected chi connectivity index (χ2v) is 4.02. The zero-order valence-corrected chi connectivity index (χ0v) is 11.1. The zero-order valence-electron chi connectivity index (χ0n) is 11.1. The van der Waals surface area contributed by atoms with Crippen molar-refractivity contribution in [3.05, 3.63) is 51.8 Å². The lowest BCUT2D eigenvalue weighted by molar-refractivity contribution is -0.384. The van der Waals surface area contributed by atoms with E-state index in [1.54, 1.807) is 18.3 Å². The summed E-state index contributed by atoms with van der Waals surface area (Å²) in [5.74, 6) is 0.594. The van der Waals surface area contributed by atoms with Gasteiger partial charge in [0.25, 0.3) is 0 Å². The Labute approximate surface area is 120 Å². The number of nitrogens with zero attached hydrogens (tertiary/aromatic N) is 4. The number of ether oxygens (including phenoxy) is 1. The Bertz CT molecular complexity index is 694. The number of pyridine rings is 2. The number of rotatable bonds is 5. The number of aromatic nitrogens is 2. The predicted molar refractivity (Wildman–Crippen MR) is 73.7 cm³/mol. The van der Waals surface area contributed by atoms with Crippen LogP contribution in [0.15, 0.2) is 30.6 Å². The standard InChI is InChI=1S/C13H11N5O3/c1-21-12-3-2-9(6-15-12)7-16-13-11(18(19)20)4-10(5-14)8-17-13/h2-4,6,8H,7H2,1H3,(H,16,17). The number of hydrogen-bond donors (Lipinski definition) is 1. The molecule has 0 aliphatic rings. The third-order valence-electron chi connectivity index (χ3n) is 2.66. The SMILES string of the molecule is COc1ccc(CNc2ncc(C#N)cc2[N+](=O)[O-])cn1. The molecule has 0 spiro atoms. The van der Waals surface area contributed by atoms with Crippen LogP contribution in [0, 0.1) is 21.4 Å². The van der Waals surface area contributed by atoms with Crippen molar-refractivity contribution >= 4 is 11.5 Å². The summed E-state index contributed by atoms with van der Waals surface area (Å²) in [6.07, 6.45) is 2.88. The van der Waals surface area contributed by atoms with E-state index in [0.717, 1.165) is 5.56 Å². The molecule has 1 N–H and O–H groups in total. The molecule has 0 aliphatic heterocycles. The van der Waals surface area contributed by atoms with E-state index in [1.165, 1.54) is 19.4 Å². The average Bonchev–Trinajstić information content (AvgIpc) is 2.53.